The van der Waals surface area contributed by atoms with Gasteiger partial charge in [-0.15, -0.1) is 0 Å². The smallest absolute Gasteiger partial charge is 0.224 e. The molecule has 0 aromatic heterocycles. The molecule has 1 aromatic rings. The van der Waals surface area contributed by atoms with Crippen LogP contribution in [0.5, 0.6) is 0 Å². The summed E-state index contributed by atoms with van der Waals surface area (Å²) in [5, 5.41) is 3.51. The third-order valence-corrected chi connectivity index (χ3v) is 4.26. The Bertz CT molecular complexity index is 460. The van der Waals surface area contributed by atoms with Crippen molar-refractivity contribution in [3.8, 4) is 0 Å². The monoisotopic (exact) mass is 310 g/mol. The Labute approximate surface area is 133 Å². The fraction of sp³-hybridized carbons (Fsp3) is 0.588. The van der Waals surface area contributed by atoms with Crippen LogP contribution in [0.25, 0.3) is 0 Å². The lowest BCUT2D eigenvalue weighted by molar-refractivity contribution is -0.116. The highest BCUT2D eigenvalue weighted by Crippen LogP contribution is 2.32. The Morgan fingerprint density at radius 1 is 1.33 bits per heavy atom. The summed E-state index contributed by atoms with van der Waals surface area (Å²) in [5.74, 6) is 0.457. The molecule has 21 heavy (non-hydrogen) atoms. The predicted octanol–water partition coefficient (Wildman–Crippen LogP) is 4.38. The zero-order chi connectivity index (χ0) is 16.0. The number of carbonyl (C=O) groups excluding carboxylic acids is 1. The van der Waals surface area contributed by atoms with Crippen molar-refractivity contribution in [2.24, 2.45) is 17.1 Å². The first kappa shape index (κ1) is 18.0. The number of carbonyl (C=O) groups is 1. The average Bonchev–Trinajstić information content (AvgIpc) is 2.37. The van der Waals surface area contributed by atoms with Gasteiger partial charge in [0.2, 0.25) is 5.91 Å². The second kappa shape index (κ2) is 7.81. The van der Waals surface area contributed by atoms with Crippen LogP contribution in [0.3, 0.4) is 0 Å². The number of nitrogens with one attached hydrogen (secondary N) is 1. The molecule has 3 nitrogen and oxygen atoms in total. The molecule has 0 aliphatic carbocycles. The van der Waals surface area contributed by atoms with Gasteiger partial charge >= 0.3 is 0 Å². The Morgan fingerprint density at radius 3 is 2.52 bits per heavy atom. The van der Waals surface area contributed by atoms with E-state index in [1.54, 1.807) is 6.07 Å². The highest BCUT2D eigenvalue weighted by atomic mass is 35.5. The summed E-state index contributed by atoms with van der Waals surface area (Å²) in [6, 6.07) is 5.61. The van der Waals surface area contributed by atoms with Crippen LogP contribution in [0.4, 0.5) is 5.69 Å². The molecule has 3 N–H and O–H groups in total. The molecule has 1 unspecified atom stereocenters. The summed E-state index contributed by atoms with van der Waals surface area (Å²) in [6.45, 7) is 9.19. The van der Waals surface area contributed by atoms with Crippen LogP contribution in [-0.2, 0) is 4.79 Å². The molecule has 0 saturated carbocycles. The highest BCUT2D eigenvalue weighted by Gasteiger charge is 2.24. The molecule has 1 amide bonds. The van der Waals surface area contributed by atoms with E-state index in [1.807, 2.05) is 19.1 Å². The van der Waals surface area contributed by atoms with Crippen molar-refractivity contribution < 1.29 is 4.79 Å². The van der Waals surface area contributed by atoms with Crippen molar-refractivity contribution in [2.75, 3.05) is 11.9 Å². The maximum absolute atomic E-state index is 12.2. The molecule has 0 aliphatic rings. The zero-order valence-corrected chi connectivity index (χ0v) is 14.3. The van der Waals surface area contributed by atoms with Crippen molar-refractivity contribution in [3.05, 3.63) is 28.8 Å². The quantitative estimate of drug-likeness (QED) is 0.819. The number of hydrogen-bond acceptors (Lipinski definition) is 2. The van der Waals surface area contributed by atoms with E-state index in [9.17, 15) is 4.79 Å². The van der Waals surface area contributed by atoms with Crippen LogP contribution in [0.2, 0.25) is 5.02 Å². The summed E-state index contributed by atoms with van der Waals surface area (Å²) in [7, 11) is 0. The summed E-state index contributed by atoms with van der Waals surface area (Å²) in [6.07, 6.45) is 2.28. The van der Waals surface area contributed by atoms with Gasteiger partial charge in [-0.05, 0) is 49.3 Å². The van der Waals surface area contributed by atoms with Crippen molar-refractivity contribution in [1.82, 2.24) is 0 Å². The SMILES string of the molecule is Cc1cccc(Cl)c1NC(=O)CCC(CCN)C(C)(C)C. The van der Waals surface area contributed by atoms with Crippen molar-refractivity contribution in [2.45, 2.75) is 47.0 Å². The molecule has 0 saturated heterocycles. The summed E-state index contributed by atoms with van der Waals surface area (Å²) in [5.41, 5.74) is 7.54. The van der Waals surface area contributed by atoms with E-state index < -0.39 is 0 Å². The van der Waals surface area contributed by atoms with E-state index >= 15 is 0 Å². The third-order valence-electron chi connectivity index (χ3n) is 3.95. The van der Waals surface area contributed by atoms with E-state index in [0.717, 1.165) is 24.1 Å². The minimum absolute atomic E-state index is 0.0115. The first-order chi connectivity index (χ1) is 9.75. The third kappa shape index (κ3) is 5.68. The first-order valence-electron chi connectivity index (χ1n) is 7.50. The van der Waals surface area contributed by atoms with Crippen LogP contribution in [0.1, 0.15) is 45.6 Å². The van der Waals surface area contributed by atoms with E-state index in [-0.39, 0.29) is 11.3 Å². The molecule has 1 aromatic carbocycles. The van der Waals surface area contributed by atoms with Gasteiger partial charge in [-0.2, -0.15) is 0 Å². The van der Waals surface area contributed by atoms with Gasteiger partial charge in [0.25, 0.3) is 0 Å². The fourth-order valence-corrected chi connectivity index (χ4v) is 2.78. The van der Waals surface area contributed by atoms with Gasteiger partial charge in [-0.1, -0.05) is 44.5 Å². The van der Waals surface area contributed by atoms with Crippen molar-refractivity contribution in [3.63, 3.8) is 0 Å². The van der Waals surface area contributed by atoms with E-state index in [1.165, 1.54) is 0 Å². The number of para-hydroxylation sites is 1. The molecular formula is C17H27ClN2O. The maximum atomic E-state index is 12.2. The lowest BCUT2D eigenvalue weighted by Gasteiger charge is -2.30. The standard InChI is InChI=1S/C17H27ClN2O/c1-12-6-5-7-14(18)16(12)20-15(21)9-8-13(10-11-19)17(2,3)4/h5-7,13H,8-11,19H2,1-4H3,(H,20,21). The number of benzene rings is 1. The van der Waals surface area contributed by atoms with Crippen molar-refractivity contribution in [1.29, 1.82) is 0 Å². The number of amides is 1. The highest BCUT2D eigenvalue weighted by molar-refractivity contribution is 6.33. The molecule has 118 valence electrons. The topological polar surface area (TPSA) is 55.1 Å². The first-order valence-corrected chi connectivity index (χ1v) is 7.88. The van der Waals surface area contributed by atoms with Gasteiger partial charge in [0.1, 0.15) is 0 Å². The molecule has 4 heteroatoms. The minimum atomic E-state index is 0.0115. The number of hydrogen-bond donors (Lipinski definition) is 2. The molecule has 0 heterocycles. The number of nitrogens with two attached hydrogens (primary N) is 1. The van der Waals surface area contributed by atoms with Gasteiger partial charge in [0.15, 0.2) is 0 Å². The second-order valence-electron chi connectivity index (χ2n) is 6.66. The number of halogens is 1. The minimum Gasteiger partial charge on any atom is -0.330 e. The van der Waals surface area contributed by atoms with Gasteiger partial charge in [0, 0.05) is 6.42 Å². The van der Waals surface area contributed by atoms with E-state index in [2.05, 4.69) is 26.1 Å². The molecule has 0 fully saturated rings. The van der Waals surface area contributed by atoms with Crippen LogP contribution in [0, 0.1) is 18.3 Å². The normalized spacial score (nSPS) is 13.0. The molecule has 1 rings (SSSR count). The lowest BCUT2D eigenvalue weighted by atomic mass is 9.76. The Hall–Kier alpha value is -1.06. The Kier molecular flexibility index (Phi) is 6.69. The molecular weight excluding hydrogens is 284 g/mol. The van der Waals surface area contributed by atoms with Crippen LogP contribution >= 0.6 is 11.6 Å². The van der Waals surface area contributed by atoms with Crippen molar-refractivity contribution >= 4 is 23.2 Å². The van der Waals surface area contributed by atoms with Crippen LogP contribution < -0.4 is 11.1 Å². The molecule has 0 bridgehead atoms. The van der Waals surface area contributed by atoms with Crippen LogP contribution in [0.15, 0.2) is 18.2 Å². The average molecular weight is 311 g/mol. The van der Waals surface area contributed by atoms with Gasteiger partial charge in [-0.3, -0.25) is 4.79 Å². The van der Waals surface area contributed by atoms with Gasteiger partial charge in [-0.25, -0.2) is 0 Å². The summed E-state index contributed by atoms with van der Waals surface area (Å²) < 4.78 is 0. The van der Waals surface area contributed by atoms with Gasteiger partial charge < -0.3 is 11.1 Å². The molecule has 0 radical (unpaired) electrons. The number of rotatable bonds is 6. The molecule has 0 spiro atoms. The zero-order valence-electron chi connectivity index (χ0n) is 13.5. The molecule has 1 atom stereocenters. The number of anilines is 1. The summed E-state index contributed by atoms with van der Waals surface area (Å²) >= 11 is 6.13. The maximum Gasteiger partial charge on any atom is 0.224 e. The Balaban J connectivity index is 2.61. The molecule has 0 aliphatic heterocycles. The predicted molar refractivity (Wildman–Crippen MR) is 90.7 cm³/mol. The largest absolute Gasteiger partial charge is 0.330 e. The second-order valence-corrected chi connectivity index (χ2v) is 7.07. The van der Waals surface area contributed by atoms with E-state index in [0.29, 0.717) is 23.9 Å². The van der Waals surface area contributed by atoms with Gasteiger partial charge in [0.05, 0.1) is 10.7 Å². The van der Waals surface area contributed by atoms with Crippen LogP contribution in [-0.4, -0.2) is 12.5 Å². The van der Waals surface area contributed by atoms with E-state index in [4.69, 9.17) is 17.3 Å². The summed E-state index contributed by atoms with van der Waals surface area (Å²) in [4.78, 5) is 12.2. The Morgan fingerprint density at radius 2 is 2.00 bits per heavy atom. The fourth-order valence-electron chi connectivity index (χ4n) is 2.51. The number of aryl methyl sites for hydroxylation is 1. The lowest BCUT2D eigenvalue weighted by Crippen LogP contribution is -2.25.